The van der Waals surface area contributed by atoms with Crippen molar-refractivity contribution in [2.24, 2.45) is 0 Å². The van der Waals surface area contributed by atoms with Gasteiger partial charge in [0.25, 0.3) is 0 Å². The Balaban J connectivity index is 2.34. The van der Waals surface area contributed by atoms with Crippen LogP contribution in [-0.4, -0.2) is 24.5 Å². The van der Waals surface area contributed by atoms with E-state index < -0.39 is 0 Å². The number of nitrogens with zero attached hydrogens (tertiary/aromatic N) is 1. The molecule has 0 aliphatic heterocycles. The van der Waals surface area contributed by atoms with Crippen LogP contribution < -0.4 is 0 Å². The van der Waals surface area contributed by atoms with Crippen LogP contribution in [0.1, 0.15) is 76.7 Å². The average molecular weight is 330 g/mol. The topological polar surface area (TPSA) is 3.24 Å². The molecule has 0 saturated carbocycles. The molecule has 0 saturated heterocycles. The van der Waals surface area contributed by atoms with E-state index in [4.69, 9.17) is 0 Å². The fourth-order valence-electron chi connectivity index (χ4n) is 3.52. The molecule has 0 bridgehead atoms. The van der Waals surface area contributed by atoms with Crippen LogP contribution in [0.25, 0.3) is 0 Å². The lowest BCUT2D eigenvalue weighted by atomic mass is 9.84. The van der Waals surface area contributed by atoms with Gasteiger partial charge < -0.3 is 0 Å². The average Bonchev–Trinajstić information content (AvgIpc) is 2.60. The fraction of sp³-hybridized carbons (Fsp3) is 0.652. The van der Waals surface area contributed by atoms with Gasteiger partial charge in [-0.2, -0.15) is 0 Å². The monoisotopic (exact) mass is 329 g/mol. The lowest BCUT2D eigenvalue weighted by Crippen LogP contribution is -2.44. The van der Waals surface area contributed by atoms with Crippen molar-refractivity contribution in [1.29, 1.82) is 0 Å². The van der Waals surface area contributed by atoms with E-state index in [9.17, 15) is 0 Å². The number of hydrogen-bond acceptors (Lipinski definition) is 1. The van der Waals surface area contributed by atoms with Crippen LogP contribution in [0.2, 0.25) is 0 Å². The number of hydrogen-bond donors (Lipinski definition) is 0. The summed E-state index contributed by atoms with van der Waals surface area (Å²) in [6.07, 6.45) is 16.9. The summed E-state index contributed by atoms with van der Waals surface area (Å²) in [5, 5.41) is 0. The SMILES string of the molecule is C=CC(CCCCCCCCCCC)(Cc1ccccc1)N(C)C. The molecular weight excluding hydrogens is 290 g/mol. The quantitative estimate of drug-likeness (QED) is 0.273. The lowest BCUT2D eigenvalue weighted by molar-refractivity contribution is 0.187. The smallest absolute Gasteiger partial charge is 0.0422 e. The predicted molar refractivity (Wildman–Crippen MR) is 109 cm³/mol. The first-order valence-corrected chi connectivity index (χ1v) is 9.99. The zero-order valence-electron chi connectivity index (χ0n) is 16.4. The molecule has 1 heteroatoms. The van der Waals surface area contributed by atoms with Crippen molar-refractivity contribution in [3.8, 4) is 0 Å². The second-order valence-electron chi connectivity index (χ2n) is 7.44. The van der Waals surface area contributed by atoms with Gasteiger partial charge in [0.15, 0.2) is 0 Å². The van der Waals surface area contributed by atoms with Crippen LogP contribution >= 0.6 is 0 Å². The van der Waals surface area contributed by atoms with Gasteiger partial charge in [0.1, 0.15) is 0 Å². The minimum Gasteiger partial charge on any atom is -0.300 e. The second kappa shape index (κ2) is 12.3. The third kappa shape index (κ3) is 7.66. The van der Waals surface area contributed by atoms with Crippen molar-refractivity contribution in [3.05, 3.63) is 48.6 Å². The summed E-state index contributed by atoms with van der Waals surface area (Å²) in [7, 11) is 4.39. The first-order chi connectivity index (χ1) is 11.6. The highest BCUT2D eigenvalue weighted by molar-refractivity contribution is 5.21. The first kappa shape index (κ1) is 21.0. The van der Waals surface area contributed by atoms with Crippen molar-refractivity contribution >= 4 is 0 Å². The summed E-state index contributed by atoms with van der Waals surface area (Å²) >= 11 is 0. The number of rotatable bonds is 14. The van der Waals surface area contributed by atoms with Crippen molar-refractivity contribution in [1.82, 2.24) is 4.90 Å². The van der Waals surface area contributed by atoms with Crippen LogP contribution in [0, 0.1) is 0 Å². The maximum Gasteiger partial charge on any atom is 0.0422 e. The summed E-state index contributed by atoms with van der Waals surface area (Å²) in [6.45, 7) is 6.45. The molecular formula is C23H39N. The van der Waals surface area contributed by atoms with E-state index in [-0.39, 0.29) is 5.54 Å². The van der Waals surface area contributed by atoms with Crippen molar-refractivity contribution in [3.63, 3.8) is 0 Å². The standard InChI is InChI=1S/C23H39N/c1-5-7-8-9-10-11-12-13-17-20-23(6-2,24(3)4)21-22-18-15-14-16-19-22/h6,14-16,18-19H,2,5,7-13,17,20-21H2,1,3-4H3. The Morgan fingerprint density at radius 1 is 0.875 bits per heavy atom. The Hall–Kier alpha value is -1.08. The first-order valence-electron chi connectivity index (χ1n) is 9.99. The third-order valence-corrected chi connectivity index (χ3v) is 5.34. The molecule has 1 rings (SSSR count). The van der Waals surface area contributed by atoms with Crippen LogP contribution in [0.15, 0.2) is 43.0 Å². The summed E-state index contributed by atoms with van der Waals surface area (Å²) in [5.74, 6) is 0. The minimum absolute atomic E-state index is 0.0858. The Bertz CT molecular complexity index is 423. The Kier molecular flexibility index (Phi) is 10.7. The van der Waals surface area contributed by atoms with Crippen LogP contribution in [0.3, 0.4) is 0 Å². The summed E-state index contributed by atoms with van der Waals surface area (Å²) in [6, 6.07) is 10.8. The van der Waals surface area contributed by atoms with Gasteiger partial charge in [0.2, 0.25) is 0 Å². The van der Waals surface area contributed by atoms with E-state index in [2.05, 4.69) is 68.9 Å². The highest BCUT2D eigenvalue weighted by atomic mass is 15.1. The molecule has 1 aromatic carbocycles. The van der Waals surface area contributed by atoms with Crippen LogP contribution in [0.4, 0.5) is 0 Å². The van der Waals surface area contributed by atoms with Gasteiger partial charge in [-0.15, -0.1) is 6.58 Å². The fourth-order valence-corrected chi connectivity index (χ4v) is 3.52. The molecule has 0 aliphatic rings. The summed E-state index contributed by atoms with van der Waals surface area (Å²) in [4.78, 5) is 2.36. The molecule has 136 valence electrons. The van der Waals surface area contributed by atoms with Crippen molar-refractivity contribution in [2.75, 3.05) is 14.1 Å². The van der Waals surface area contributed by atoms with Gasteiger partial charge in [-0.3, -0.25) is 4.90 Å². The molecule has 1 aromatic rings. The van der Waals surface area contributed by atoms with E-state index in [0.29, 0.717) is 0 Å². The van der Waals surface area contributed by atoms with Gasteiger partial charge in [-0.1, -0.05) is 101 Å². The lowest BCUT2D eigenvalue weighted by Gasteiger charge is -2.38. The van der Waals surface area contributed by atoms with Crippen LogP contribution in [-0.2, 0) is 6.42 Å². The van der Waals surface area contributed by atoms with Crippen LogP contribution in [0.5, 0.6) is 0 Å². The summed E-state index contributed by atoms with van der Waals surface area (Å²) < 4.78 is 0. The molecule has 0 N–H and O–H groups in total. The number of likely N-dealkylation sites (N-methyl/N-ethyl adjacent to an activating group) is 1. The molecule has 0 radical (unpaired) electrons. The van der Waals surface area contributed by atoms with E-state index in [0.717, 1.165) is 6.42 Å². The maximum atomic E-state index is 4.17. The molecule has 0 heterocycles. The Morgan fingerprint density at radius 3 is 1.92 bits per heavy atom. The zero-order chi connectivity index (χ0) is 17.7. The molecule has 0 amide bonds. The molecule has 0 fully saturated rings. The Morgan fingerprint density at radius 2 is 1.42 bits per heavy atom. The zero-order valence-corrected chi connectivity index (χ0v) is 16.4. The van der Waals surface area contributed by atoms with Gasteiger partial charge >= 0.3 is 0 Å². The summed E-state index contributed by atoms with van der Waals surface area (Å²) in [5.41, 5.74) is 1.49. The van der Waals surface area contributed by atoms with Gasteiger partial charge in [-0.05, 0) is 32.5 Å². The molecule has 0 aliphatic carbocycles. The van der Waals surface area contributed by atoms with Gasteiger partial charge in [-0.25, -0.2) is 0 Å². The minimum atomic E-state index is 0.0858. The highest BCUT2D eigenvalue weighted by Crippen LogP contribution is 2.27. The molecule has 1 atom stereocenters. The third-order valence-electron chi connectivity index (χ3n) is 5.34. The highest BCUT2D eigenvalue weighted by Gasteiger charge is 2.28. The molecule has 1 unspecified atom stereocenters. The molecule has 24 heavy (non-hydrogen) atoms. The van der Waals surface area contributed by atoms with Crippen molar-refractivity contribution in [2.45, 2.75) is 83.1 Å². The largest absolute Gasteiger partial charge is 0.300 e. The van der Waals surface area contributed by atoms with Gasteiger partial charge in [0, 0.05) is 5.54 Å². The number of unbranched alkanes of at least 4 members (excludes halogenated alkanes) is 8. The molecule has 1 nitrogen and oxygen atoms in total. The second-order valence-corrected chi connectivity index (χ2v) is 7.44. The van der Waals surface area contributed by atoms with E-state index >= 15 is 0 Å². The molecule has 0 spiro atoms. The normalized spacial score (nSPS) is 13.8. The predicted octanol–water partition coefficient (Wildman–Crippen LogP) is 6.64. The maximum absolute atomic E-state index is 4.17. The van der Waals surface area contributed by atoms with E-state index in [1.54, 1.807) is 0 Å². The Labute approximate surface area is 151 Å². The van der Waals surface area contributed by atoms with Crippen molar-refractivity contribution < 1.29 is 0 Å². The van der Waals surface area contributed by atoms with E-state index in [1.165, 1.54) is 69.8 Å². The van der Waals surface area contributed by atoms with E-state index in [1.807, 2.05) is 0 Å². The molecule has 0 aromatic heterocycles. The number of benzene rings is 1. The van der Waals surface area contributed by atoms with Gasteiger partial charge in [0.05, 0.1) is 0 Å².